The number of methoxy groups -OCH3 is 1. The molecule has 0 spiro atoms. The van der Waals surface area contributed by atoms with Crippen LogP contribution in [0.25, 0.3) is 0 Å². The van der Waals surface area contributed by atoms with Gasteiger partial charge in [0.1, 0.15) is 13.2 Å². The van der Waals surface area contributed by atoms with Crippen molar-refractivity contribution in [3.05, 3.63) is 95.6 Å². The summed E-state index contributed by atoms with van der Waals surface area (Å²) in [5.41, 5.74) is 3.33. The number of nitrogens with zero attached hydrogens (tertiary/aromatic N) is 1. The number of nitrogens with one attached hydrogen (secondary N) is 1. The monoisotopic (exact) mass is 419 g/mol. The van der Waals surface area contributed by atoms with E-state index in [2.05, 4.69) is 12.1 Å². The number of carbonyl (C=O) groups excluding carboxylic acids is 1. The third-order valence-electron chi connectivity index (χ3n) is 5.11. The second-order valence-electron chi connectivity index (χ2n) is 7.81. The molecule has 0 saturated carbocycles. The van der Waals surface area contributed by atoms with E-state index in [0.717, 1.165) is 22.6 Å². The third kappa shape index (κ3) is 6.86. The molecular weight excluding hydrogens is 388 g/mol. The maximum absolute atomic E-state index is 12.7. The first-order valence-corrected chi connectivity index (χ1v) is 10.5. The Bertz CT molecular complexity index is 961. The van der Waals surface area contributed by atoms with E-state index >= 15 is 0 Å². The molecule has 0 aliphatic rings. The SMILES string of the molecule is COc1cc(CN(C)C(=O)C[NH+](C)Cc2ccccc2)ccc1OCc1ccccc1. The van der Waals surface area contributed by atoms with Gasteiger partial charge in [-0.3, -0.25) is 4.79 Å². The molecule has 1 amide bonds. The Morgan fingerprint density at radius 2 is 1.52 bits per heavy atom. The largest absolute Gasteiger partial charge is 0.493 e. The predicted molar refractivity (Wildman–Crippen MR) is 122 cm³/mol. The van der Waals surface area contributed by atoms with Crippen LogP contribution >= 0.6 is 0 Å². The third-order valence-corrected chi connectivity index (χ3v) is 5.11. The fourth-order valence-corrected chi connectivity index (χ4v) is 3.43. The van der Waals surface area contributed by atoms with Crippen molar-refractivity contribution in [1.82, 2.24) is 4.90 Å². The van der Waals surface area contributed by atoms with Crippen molar-refractivity contribution in [2.24, 2.45) is 0 Å². The number of ether oxygens (including phenoxy) is 2. The zero-order valence-corrected chi connectivity index (χ0v) is 18.5. The van der Waals surface area contributed by atoms with Crippen molar-refractivity contribution in [2.45, 2.75) is 19.7 Å². The molecule has 1 unspecified atom stereocenters. The van der Waals surface area contributed by atoms with Crippen LogP contribution in [-0.2, 0) is 24.5 Å². The molecule has 0 bridgehead atoms. The minimum absolute atomic E-state index is 0.108. The van der Waals surface area contributed by atoms with E-state index in [4.69, 9.17) is 9.47 Å². The summed E-state index contributed by atoms with van der Waals surface area (Å²) in [7, 11) is 5.51. The lowest BCUT2D eigenvalue weighted by Crippen LogP contribution is -3.08. The van der Waals surface area contributed by atoms with Gasteiger partial charge in [0.25, 0.3) is 5.91 Å². The number of amides is 1. The van der Waals surface area contributed by atoms with Gasteiger partial charge in [-0.15, -0.1) is 0 Å². The highest BCUT2D eigenvalue weighted by Crippen LogP contribution is 2.29. The maximum Gasteiger partial charge on any atom is 0.277 e. The number of hydrogen-bond donors (Lipinski definition) is 1. The Kier molecular flexibility index (Phi) is 8.07. The van der Waals surface area contributed by atoms with Crippen molar-refractivity contribution < 1.29 is 19.2 Å². The van der Waals surface area contributed by atoms with Gasteiger partial charge >= 0.3 is 0 Å². The van der Waals surface area contributed by atoms with Crippen molar-refractivity contribution in [3.8, 4) is 11.5 Å². The molecule has 162 valence electrons. The number of hydrogen-bond acceptors (Lipinski definition) is 3. The second-order valence-corrected chi connectivity index (χ2v) is 7.81. The van der Waals surface area contributed by atoms with Gasteiger partial charge in [-0.25, -0.2) is 0 Å². The normalized spacial score (nSPS) is 11.6. The van der Waals surface area contributed by atoms with Crippen LogP contribution in [0, 0.1) is 0 Å². The summed E-state index contributed by atoms with van der Waals surface area (Å²) >= 11 is 0. The molecule has 0 radical (unpaired) electrons. The molecule has 5 nitrogen and oxygen atoms in total. The molecule has 1 N–H and O–H groups in total. The molecule has 0 aromatic heterocycles. The average Bonchev–Trinajstić information content (AvgIpc) is 2.79. The summed E-state index contributed by atoms with van der Waals surface area (Å²) in [6, 6.07) is 26.1. The van der Waals surface area contributed by atoms with Gasteiger partial charge in [0.15, 0.2) is 18.0 Å². The number of quaternary nitrogens is 1. The molecule has 3 rings (SSSR count). The number of benzene rings is 3. The molecule has 1 atom stereocenters. The van der Waals surface area contributed by atoms with E-state index in [0.29, 0.717) is 31.2 Å². The molecular formula is C26H31N2O3+. The molecule has 5 heteroatoms. The molecule has 0 fully saturated rings. The highest BCUT2D eigenvalue weighted by Gasteiger charge is 2.16. The highest BCUT2D eigenvalue weighted by atomic mass is 16.5. The molecule has 0 aliphatic heterocycles. The lowest BCUT2D eigenvalue weighted by atomic mass is 10.2. The predicted octanol–water partition coefficient (Wildman–Crippen LogP) is 2.95. The van der Waals surface area contributed by atoms with Crippen LogP contribution in [0.1, 0.15) is 16.7 Å². The van der Waals surface area contributed by atoms with Crippen molar-refractivity contribution in [3.63, 3.8) is 0 Å². The van der Waals surface area contributed by atoms with Crippen LogP contribution in [-0.4, -0.2) is 38.6 Å². The van der Waals surface area contributed by atoms with E-state index in [1.165, 1.54) is 5.56 Å². The van der Waals surface area contributed by atoms with Crippen LogP contribution in [0.4, 0.5) is 0 Å². The second kappa shape index (κ2) is 11.2. The summed E-state index contributed by atoms with van der Waals surface area (Å²) in [4.78, 5) is 15.6. The smallest absolute Gasteiger partial charge is 0.277 e. The van der Waals surface area contributed by atoms with Crippen molar-refractivity contribution in [1.29, 1.82) is 0 Å². The Labute approximate surface area is 184 Å². The topological polar surface area (TPSA) is 43.2 Å². The Hall–Kier alpha value is -3.31. The van der Waals surface area contributed by atoms with Gasteiger partial charge in [-0.2, -0.15) is 0 Å². The van der Waals surface area contributed by atoms with E-state index in [1.807, 2.05) is 80.8 Å². The first-order valence-electron chi connectivity index (χ1n) is 10.5. The highest BCUT2D eigenvalue weighted by molar-refractivity contribution is 5.76. The van der Waals surface area contributed by atoms with Crippen LogP contribution < -0.4 is 14.4 Å². The summed E-state index contributed by atoms with van der Waals surface area (Å²) in [6.07, 6.45) is 0. The first kappa shape index (κ1) is 22.4. The van der Waals surface area contributed by atoms with E-state index in [9.17, 15) is 4.79 Å². The molecule has 0 heterocycles. The molecule has 0 saturated heterocycles. The van der Waals surface area contributed by atoms with Gasteiger partial charge in [0.2, 0.25) is 0 Å². The van der Waals surface area contributed by atoms with Crippen molar-refractivity contribution >= 4 is 5.91 Å². The van der Waals surface area contributed by atoms with Crippen LogP contribution in [0.15, 0.2) is 78.9 Å². The Balaban J connectivity index is 1.55. The first-order chi connectivity index (χ1) is 15.0. The Morgan fingerprint density at radius 1 is 0.871 bits per heavy atom. The molecule has 3 aromatic carbocycles. The van der Waals surface area contributed by atoms with Gasteiger partial charge in [-0.05, 0) is 23.3 Å². The lowest BCUT2D eigenvalue weighted by molar-refractivity contribution is -0.885. The standard InChI is InChI=1S/C26H30N2O3/c1-27(17-21-10-6-4-7-11-21)19-26(29)28(2)18-23-14-15-24(25(16-23)30-3)31-20-22-12-8-5-9-13-22/h4-16H,17-20H2,1-3H3/p+1. The minimum Gasteiger partial charge on any atom is -0.493 e. The molecule has 31 heavy (non-hydrogen) atoms. The fraction of sp³-hybridized carbons (Fsp3) is 0.269. The number of rotatable bonds is 10. The van der Waals surface area contributed by atoms with Crippen LogP contribution in [0.5, 0.6) is 11.5 Å². The van der Waals surface area contributed by atoms with Crippen molar-refractivity contribution in [2.75, 3.05) is 27.7 Å². The summed E-state index contributed by atoms with van der Waals surface area (Å²) < 4.78 is 11.4. The molecule has 0 aliphatic carbocycles. The summed E-state index contributed by atoms with van der Waals surface area (Å²) in [5, 5.41) is 0. The quantitative estimate of drug-likeness (QED) is 0.550. The summed E-state index contributed by atoms with van der Waals surface area (Å²) in [6.45, 7) is 2.26. The fourth-order valence-electron chi connectivity index (χ4n) is 3.43. The molecule has 3 aromatic rings. The Morgan fingerprint density at radius 3 is 2.16 bits per heavy atom. The zero-order chi connectivity index (χ0) is 22.1. The van der Waals surface area contributed by atoms with Crippen LogP contribution in [0.3, 0.4) is 0 Å². The lowest BCUT2D eigenvalue weighted by Gasteiger charge is -2.21. The van der Waals surface area contributed by atoms with Gasteiger partial charge in [-0.1, -0.05) is 66.7 Å². The number of likely N-dealkylation sites (N-methyl/N-ethyl adjacent to an activating group) is 2. The van der Waals surface area contributed by atoms with Gasteiger partial charge in [0.05, 0.1) is 14.2 Å². The maximum atomic E-state index is 12.7. The summed E-state index contributed by atoms with van der Waals surface area (Å²) in [5.74, 6) is 1.47. The van der Waals surface area contributed by atoms with Crippen LogP contribution in [0.2, 0.25) is 0 Å². The van der Waals surface area contributed by atoms with Gasteiger partial charge in [0, 0.05) is 19.2 Å². The van der Waals surface area contributed by atoms with E-state index in [-0.39, 0.29) is 5.91 Å². The number of carbonyl (C=O) groups is 1. The van der Waals surface area contributed by atoms with E-state index in [1.54, 1.807) is 12.0 Å². The average molecular weight is 420 g/mol. The zero-order valence-electron chi connectivity index (χ0n) is 18.5. The minimum atomic E-state index is 0.108. The van der Waals surface area contributed by atoms with Gasteiger partial charge < -0.3 is 19.3 Å². The van der Waals surface area contributed by atoms with E-state index < -0.39 is 0 Å².